The van der Waals surface area contributed by atoms with Crippen LogP contribution in [0.3, 0.4) is 0 Å². The van der Waals surface area contributed by atoms with E-state index in [0.717, 1.165) is 24.3 Å². The first kappa shape index (κ1) is 15.2. The van der Waals surface area contributed by atoms with Crippen molar-refractivity contribution in [1.82, 2.24) is 0 Å². The van der Waals surface area contributed by atoms with Gasteiger partial charge in [0.15, 0.2) is 0 Å². The highest BCUT2D eigenvalue weighted by atomic mass is 28.3. The van der Waals surface area contributed by atoms with E-state index in [1.807, 2.05) is 6.08 Å². The number of benzene rings is 1. The maximum atomic E-state index is 6.24. The lowest BCUT2D eigenvalue weighted by atomic mass is 10.1. The molecule has 0 radical (unpaired) electrons. The van der Waals surface area contributed by atoms with Crippen LogP contribution in [-0.2, 0) is 9.16 Å². The highest BCUT2D eigenvalue weighted by molar-refractivity contribution is 6.51. The second-order valence-electron chi connectivity index (χ2n) is 4.39. The molecule has 0 heterocycles. The van der Waals surface area contributed by atoms with Crippen LogP contribution in [0.15, 0.2) is 30.8 Å². The molecule has 0 aromatic heterocycles. The van der Waals surface area contributed by atoms with Crippen LogP contribution in [0.1, 0.15) is 37.5 Å². The fourth-order valence-electron chi connectivity index (χ4n) is 1.93. The molecule has 0 spiro atoms. The van der Waals surface area contributed by atoms with E-state index in [4.69, 9.17) is 9.16 Å². The van der Waals surface area contributed by atoms with Gasteiger partial charge in [-0.25, -0.2) is 0 Å². The third-order valence-electron chi connectivity index (χ3n) is 3.08. The summed E-state index contributed by atoms with van der Waals surface area (Å²) < 4.78 is 11.5. The van der Waals surface area contributed by atoms with Crippen molar-refractivity contribution in [1.29, 1.82) is 0 Å². The molecule has 0 saturated heterocycles. The van der Waals surface area contributed by atoms with E-state index in [9.17, 15) is 0 Å². The van der Waals surface area contributed by atoms with Gasteiger partial charge in [0, 0.05) is 7.11 Å². The summed E-state index contributed by atoms with van der Waals surface area (Å²) in [5.74, 6) is 0. The third kappa shape index (κ3) is 4.41. The Morgan fingerprint density at radius 2 is 1.94 bits per heavy atom. The normalized spacial score (nSPS) is 14.2. The van der Waals surface area contributed by atoms with Crippen LogP contribution < -0.4 is 0 Å². The van der Waals surface area contributed by atoms with Crippen molar-refractivity contribution in [3.63, 3.8) is 0 Å². The molecular weight excluding hydrogens is 240 g/mol. The lowest BCUT2D eigenvalue weighted by Gasteiger charge is -2.22. The number of ether oxygens (including phenoxy) is 1. The molecule has 2 unspecified atom stereocenters. The topological polar surface area (TPSA) is 18.5 Å². The van der Waals surface area contributed by atoms with Crippen LogP contribution in [0.2, 0.25) is 6.04 Å². The predicted molar refractivity (Wildman–Crippen MR) is 80.2 cm³/mol. The Kier molecular flexibility index (Phi) is 6.94. The lowest BCUT2D eigenvalue weighted by molar-refractivity contribution is 0.168. The molecule has 2 nitrogen and oxygen atoms in total. The fraction of sp³-hybridized carbons (Fsp3) is 0.467. The minimum absolute atomic E-state index is 0.204. The van der Waals surface area contributed by atoms with Crippen molar-refractivity contribution < 1.29 is 9.16 Å². The molecule has 1 aromatic rings. The fourth-order valence-corrected chi connectivity index (χ4v) is 3.62. The minimum atomic E-state index is -1.22. The van der Waals surface area contributed by atoms with Crippen molar-refractivity contribution in [3.8, 4) is 0 Å². The van der Waals surface area contributed by atoms with E-state index < -0.39 is 9.04 Å². The molecule has 2 atom stereocenters. The van der Waals surface area contributed by atoms with Gasteiger partial charge in [0.25, 0.3) is 0 Å². The predicted octanol–water partition coefficient (Wildman–Crippen LogP) is 3.73. The van der Waals surface area contributed by atoms with Gasteiger partial charge in [-0.3, -0.25) is 0 Å². The average molecular weight is 264 g/mol. The van der Waals surface area contributed by atoms with Crippen molar-refractivity contribution in [3.05, 3.63) is 42.0 Å². The number of hydrogen-bond donors (Lipinski definition) is 0. The quantitative estimate of drug-likeness (QED) is 0.666. The number of rotatable bonds is 8. The summed E-state index contributed by atoms with van der Waals surface area (Å²) in [6.45, 7) is 8.12. The number of hydrogen-bond acceptors (Lipinski definition) is 2. The monoisotopic (exact) mass is 264 g/mol. The van der Waals surface area contributed by atoms with E-state index >= 15 is 0 Å². The van der Waals surface area contributed by atoms with E-state index in [-0.39, 0.29) is 6.10 Å². The van der Waals surface area contributed by atoms with Crippen molar-refractivity contribution in [2.24, 2.45) is 0 Å². The second-order valence-corrected chi connectivity index (χ2v) is 7.06. The van der Waals surface area contributed by atoms with Crippen LogP contribution in [-0.4, -0.2) is 22.4 Å². The average Bonchev–Trinajstić information content (AvgIpc) is 2.43. The van der Waals surface area contributed by atoms with Crippen molar-refractivity contribution in [2.75, 3.05) is 13.3 Å². The Bertz CT molecular complexity index is 348. The van der Waals surface area contributed by atoms with Gasteiger partial charge < -0.3 is 9.16 Å². The summed E-state index contributed by atoms with van der Waals surface area (Å²) in [5.41, 5.74) is 2.40. The Labute approximate surface area is 112 Å². The number of methoxy groups -OCH3 is 1. The van der Waals surface area contributed by atoms with Crippen LogP contribution in [0.5, 0.6) is 0 Å². The Morgan fingerprint density at radius 1 is 1.28 bits per heavy atom. The highest BCUT2D eigenvalue weighted by Gasteiger charge is 2.17. The molecule has 0 aliphatic rings. The van der Waals surface area contributed by atoms with Crippen LogP contribution in [0.4, 0.5) is 0 Å². The summed E-state index contributed by atoms with van der Waals surface area (Å²) >= 11 is 0. The zero-order valence-electron chi connectivity index (χ0n) is 11.7. The molecule has 18 heavy (non-hydrogen) atoms. The molecule has 1 aromatic carbocycles. The minimum Gasteiger partial charge on any atom is -0.411 e. The Balaban J connectivity index is 2.71. The summed E-state index contributed by atoms with van der Waals surface area (Å²) in [5, 5.41) is 0. The lowest BCUT2D eigenvalue weighted by Crippen LogP contribution is -2.26. The molecule has 1 rings (SSSR count). The first-order chi connectivity index (χ1) is 8.74. The molecule has 0 amide bonds. The van der Waals surface area contributed by atoms with Gasteiger partial charge in [0.2, 0.25) is 9.04 Å². The standard InChI is InChI=1S/C15H24O2Si/c1-5-13-8-10-14(11-9-13)15(6-2)17-18(7-3)12-16-4/h5,8-11,15,18H,1,6-7,12H2,2-4H3. The molecule has 3 heteroatoms. The van der Waals surface area contributed by atoms with Crippen molar-refractivity contribution >= 4 is 15.1 Å². The van der Waals surface area contributed by atoms with E-state index in [0.29, 0.717) is 0 Å². The van der Waals surface area contributed by atoms with Gasteiger partial charge in [-0.05, 0) is 23.6 Å². The van der Waals surface area contributed by atoms with Crippen LogP contribution in [0, 0.1) is 0 Å². The SMILES string of the molecule is C=Cc1ccc(C(CC)O[SiH](CC)COC)cc1. The zero-order valence-corrected chi connectivity index (χ0v) is 12.8. The summed E-state index contributed by atoms with van der Waals surface area (Å²) in [7, 11) is 0.529. The summed E-state index contributed by atoms with van der Waals surface area (Å²) in [4.78, 5) is 0. The van der Waals surface area contributed by atoms with Gasteiger partial charge in [0.1, 0.15) is 0 Å². The first-order valence-electron chi connectivity index (χ1n) is 6.61. The smallest absolute Gasteiger partial charge is 0.202 e. The van der Waals surface area contributed by atoms with Gasteiger partial charge in [-0.1, -0.05) is 50.8 Å². The second kappa shape index (κ2) is 8.24. The van der Waals surface area contributed by atoms with E-state index in [1.54, 1.807) is 7.11 Å². The third-order valence-corrected chi connectivity index (χ3v) is 5.41. The molecular formula is C15H24O2Si. The van der Waals surface area contributed by atoms with Gasteiger partial charge >= 0.3 is 0 Å². The Morgan fingerprint density at radius 3 is 2.39 bits per heavy atom. The maximum Gasteiger partial charge on any atom is 0.202 e. The summed E-state index contributed by atoms with van der Waals surface area (Å²) in [6.07, 6.45) is 3.86. The van der Waals surface area contributed by atoms with Crippen LogP contribution in [0.25, 0.3) is 6.08 Å². The maximum absolute atomic E-state index is 6.24. The molecule has 0 saturated carbocycles. The van der Waals surface area contributed by atoms with E-state index in [2.05, 4.69) is 44.7 Å². The largest absolute Gasteiger partial charge is 0.411 e. The van der Waals surface area contributed by atoms with Crippen molar-refractivity contribution in [2.45, 2.75) is 32.4 Å². The molecule has 0 N–H and O–H groups in total. The van der Waals surface area contributed by atoms with Gasteiger partial charge in [0.05, 0.1) is 12.3 Å². The van der Waals surface area contributed by atoms with Crippen LogP contribution >= 0.6 is 0 Å². The first-order valence-corrected chi connectivity index (χ1v) is 8.72. The molecule has 0 fully saturated rings. The van der Waals surface area contributed by atoms with E-state index in [1.165, 1.54) is 5.56 Å². The molecule has 0 aliphatic heterocycles. The highest BCUT2D eigenvalue weighted by Crippen LogP contribution is 2.23. The van der Waals surface area contributed by atoms with Gasteiger partial charge in [-0.15, -0.1) is 0 Å². The zero-order chi connectivity index (χ0) is 13.4. The molecule has 0 aliphatic carbocycles. The molecule has 0 bridgehead atoms. The molecule has 100 valence electrons. The Hall–Kier alpha value is -0.903. The summed E-state index contributed by atoms with van der Waals surface area (Å²) in [6, 6.07) is 9.56. The van der Waals surface area contributed by atoms with Gasteiger partial charge in [-0.2, -0.15) is 0 Å².